The second-order valence-corrected chi connectivity index (χ2v) is 8.35. The highest BCUT2D eigenvalue weighted by Gasteiger charge is 2.24. The van der Waals surface area contributed by atoms with Crippen LogP contribution in [0.25, 0.3) is 0 Å². The Bertz CT molecular complexity index is 894. The van der Waals surface area contributed by atoms with Gasteiger partial charge in [0.15, 0.2) is 0 Å². The van der Waals surface area contributed by atoms with E-state index >= 15 is 0 Å². The SMILES string of the molecule is O=C(O)CC1CCc2cc(CNS(=O)(=O)c3ccc(Cl)cc3)ccc21. The smallest absolute Gasteiger partial charge is 0.303 e. The summed E-state index contributed by atoms with van der Waals surface area (Å²) in [5.41, 5.74) is 3.02. The van der Waals surface area contributed by atoms with E-state index in [4.69, 9.17) is 16.7 Å². The van der Waals surface area contributed by atoms with E-state index in [9.17, 15) is 13.2 Å². The number of carbonyl (C=O) groups is 1. The first-order valence-electron chi connectivity index (χ1n) is 7.94. The fourth-order valence-corrected chi connectivity index (χ4v) is 4.31. The van der Waals surface area contributed by atoms with E-state index in [1.165, 1.54) is 24.3 Å². The Morgan fingerprint density at radius 1 is 1.20 bits per heavy atom. The maximum absolute atomic E-state index is 12.3. The third-order valence-corrected chi connectivity index (χ3v) is 6.09. The van der Waals surface area contributed by atoms with Crippen LogP contribution in [0.1, 0.15) is 35.4 Å². The Hall–Kier alpha value is -1.89. The van der Waals surface area contributed by atoms with Gasteiger partial charge >= 0.3 is 5.97 Å². The Balaban J connectivity index is 1.70. The highest BCUT2D eigenvalue weighted by atomic mass is 35.5. The number of carboxylic acids is 1. The molecule has 0 saturated heterocycles. The zero-order valence-electron chi connectivity index (χ0n) is 13.4. The van der Waals surface area contributed by atoms with Crippen molar-refractivity contribution in [1.29, 1.82) is 0 Å². The number of fused-ring (bicyclic) bond motifs is 1. The molecule has 0 heterocycles. The predicted octanol–water partition coefficient (Wildman–Crippen LogP) is 3.32. The van der Waals surface area contributed by atoms with Gasteiger partial charge < -0.3 is 5.11 Å². The lowest BCUT2D eigenvalue weighted by molar-refractivity contribution is -0.137. The van der Waals surface area contributed by atoms with Crippen LogP contribution in [-0.4, -0.2) is 19.5 Å². The quantitative estimate of drug-likeness (QED) is 0.806. The summed E-state index contributed by atoms with van der Waals surface area (Å²) in [4.78, 5) is 11.1. The van der Waals surface area contributed by atoms with Crippen molar-refractivity contribution in [3.05, 3.63) is 64.2 Å². The van der Waals surface area contributed by atoms with Crippen LogP contribution in [0.4, 0.5) is 0 Å². The van der Waals surface area contributed by atoms with Crippen molar-refractivity contribution < 1.29 is 18.3 Å². The number of rotatable bonds is 6. The predicted molar refractivity (Wildman–Crippen MR) is 95.2 cm³/mol. The molecule has 5 nitrogen and oxygen atoms in total. The van der Waals surface area contributed by atoms with Gasteiger partial charge in [-0.2, -0.15) is 0 Å². The molecule has 0 fully saturated rings. The van der Waals surface area contributed by atoms with Gasteiger partial charge in [0.2, 0.25) is 10.0 Å². The summed E-state index contributed by atoms with van der Waals surface area (Å²) >= 11 is 5.78. The van der Waals surface area contributed by atoms with Gasteiger partial charge in [-0.25, -0.2) is 13.1 Å². The summed E-state index contributed by atoms with van der Waals surface area (Å²) < 4.78 is 27.2. The van der Waals surface area contributed by atoms with Gasteiger partial charge in [-0.1, -0.05) is 29.8 Å². The summed E-state index contributed by atoms with van der Waals surface area (Å²) in [6.45, 7) is 0.182. The van der Waals surface area contributed by atoms with E-state index in [2.05, 4.69) is 4.72 Å². The van der Waals surface area contributed by atoms with Gasteiger partial charge in [0.25, 0.3) is 0 Å². The van der Waals surface area contributed by atoms with Crippen molar-refractivity contribution in [1.82, 2.24) is 4.72 Å². The first kappa shape index (κ1) is 17.9. The van der Waals surface area contributed by atoms with Gasteiger partial charge in [-0.15, -0.1) is 0 Å². The first-order chi connectivity index (χ1) is 11.8. The number of nitrogens with one attached hydrogen (secondary N) is 1. The molecule has 1 aliphatic rings. The highest BCUT2D eigenvalue weighted by molar-refractivity contribution is 7.89. The summed E-state index contributed by atoms with van der Waals surface area (Å²) in [6, 6.07) is 11.7. The van der Waals surface area contributed by atoms with Crippen LogP contribution in [0.3, 0.4) is 0 Å². The number of hydrogen-bond acceptors (Lipinski definition) is 3. The molecule has 0 spiro atoms. The molecule has 0 aromatic heterocycles. The van der Waals surface area contributed by atoms with E-state index in [0.29, 0.717) is 5.02 Å². The lowest BCUT2D eigenvalue weighted by Crippen LogP contribution is -2.23. The summed E-state index contributed by atoms with van der Waals surface area (Å²) in [6.07, 6.45) is 1.78. The minimum atomic E-state index is -3.60. The molecule has 0 amide bonds. The van der Waals surface area contributed by atoms with E-state index in [1.54, 1.807) is 0 Å². The van der Waals surface area contributed by atoms with Crippen molar-refractivity contribution in [2.75, 3.05) is 0 Å². The van der Waals surface area contributed by atoms with Crippen molar-refractivity contribution in [2.45, 2.75) is 36.6 Å². The molecule has 3 rings (SSSR count). The number of aliphatic carboxylic acids is 1. The number of sulfonamides is 1. The summed E-state index contributed by atoms with van der Waals surface area (Å²) in [5, 5.41) is 9.45. The zero-order valence-corrected chi connectivity index (χ0v) is 15.0. The van der Waals surface area contributed by atoms with Crippen LogP contribution in [0, 0.1) is 0 Å². The van der Waals surface area contributed by atoms with Crippen LogP contribution in [-0.2, 0) is 27.8 Å². The van der Waals surface area contributed by atoms with Gasteiger partial charge in [0.1, 0.15) is 0 Å². The highest BCUT2D eigenvalue weighted by Crippen LogP contribution is 2.35. The Morgan fingerprint density at radius 2 is 1.92 bits per heavy atom. The topological polar surface area (TPSA) is 83.5 Å². The standard InChI is InChI=1S/C18H18ClNO4S/c19-15-4-6-16(7-5-15)25(23,24)20-11-12-1-8-17-13(9-12)2-3-14(17)10-18(21)22/h1,4-9,14,20H,2-3,10-11H2,(H,21,22). The molecule has 0 saturated carbocycles. The maximum Gasteiger partial charge on any atom is 0.303 e. The van der Waals surface area contributed by atoms with E-state index < -0.39 is 16.0 Å². The third-order valence-electron chi connectivity index (χ3n) is 4.42. The number of aryl methyl sites for hydroxylation is 1. The first-order valence-corrected chi connectivity index (χ1v) is 9.80. The largest absolute Gasteiger partial charge is 0.481 e. The average Bonchev–Trinajstić information content (AvgIpc) is 2.95. The minimum Gasteiger partial charge on any atom is -0.481 e. The molecule has 2 N–H and O–H groups in total. The van der Waals surface area contributed by atoms with Crippen LogP contribution in [0.2, 0.25) is 5.02 Å². The van der Waals surface area contributed by atoms with E-state index in [-0.39, 0.29) is 23.8 Å². The third kappa shape index (κ3) is 4.21. The molecule has 0 bridgehead atoms. The lowest BCUT2D eigenvalue weighted by Gasteiger charge is -2.11. The van der Waals surface area contributed by atoms with Gasteiger partial charge in [-0.05, 0) is 59.7 Å². The normalized spacial score (nSPS) is 16.6. The molecule has 1 aliphatic carbocycles. The molecule has 0 aliphatic heterocycles. The molecule has 0 radical (unpaired) electrons. The van der Waals surface area contributed by atoms with Crippen molar-refractivity contribution in [3.8, 4) is 0 Å². The molecule has 2 aromatic rings. The summed E-state index contributed by atoms with van der Waals surface area (Å²) in [7, 11) is -3.60. The zero-order chi connectivity index (χ0) is 18.0. The summed E-state index contributed by atoms with van der Waals surface area (Å²) in [5.74, 6) is -0.745. The number of carboxylic acid groups (broad SMARTS) is 1. The molecular weight excluding hydrogens is 362 g/mol. The van der Waals surface area contributed by atoms with E-state index in [0.717, 1.165) is 29.5 Å². The Kier molecular flexibility index (Phi) is 5.13. The number of benzene rings is 2. The molecule has 7 heteroatoms. The van der Waals surface area contributed by atoms with Gasteiger partial charge in [-0.3, -0.25) is 4.79 Å². The Morgan fingerprint density at radius 3 is 2.60 bits per heavy atom. The minimum absolute atomic E-state index is 0.0484. The monoisotopic (exact) mass is 379 g/mol. The van der Waals surface area contributed by atoms with Crippen LogP contribution >= 0.6 is 11.6 Å². The molecule has 2 aromatic carbocycles. The molecule has 132 valence electrons. The second-order valence-electron chi connectivity index (χ2n) is 6.15. The van der Waals surface area contributed by atoms with Crippen LogP contribution in [0.5, 0.6) is 0 Å². The average molecular weight is 380 g/mol. The van der Waals surface area contributed by atoms with Crippen LogP contribution in [0.15, 0.2) is 47.4 Å². The van der Waals surface area contributed by atoms with Crippen molar-refractivity contribution >= 4 is 27.6 Å². The molecule has 1 atom stereocenters. The van der Waals surface area contributed by atoms with Gasteiger partial charge in [0, 0.05) is 11.6 Å². The maximum atomic E-state index is 12.3. The number of halogens is 1. The van der Waals surface area contributed by atoms with E-state index in [1.807, 2.05) is 18.2 Å². The second kappa shape index (κ2) is 7.15. The molecular formula is C18H18ClNO4S. The Labute approximate surface area is 151 Å². The molecule has 1 unspecified atom stereocenters. The fourth-order valence-electron chi connectivity index (χ4n) is 3.17. The number of hydrogen-bond donors (Lipinski definition) is 2. The lowest BCUT2D eigenvalue weighted by atomic mass is 9.97. The van der Waals surface area contributed by atoms with Gasteiger partial charge in [0.05, 0.1) is 11.3 Å². The molecule has 25 heavy (non-hydrogen) atoms. The fraction of sp³-hybridized carbons (Fsp3) is 0.278. The van der Waals surface area contributed by atoms with Crippen LogP contribution < -0.4 is 4.72 Å². The van der Waals surface area contributed by atoms with Crippen molar-refractivity contribution in [2.24, 2.45) is 0 Å². The van der Waals surface area contributed by atoms with Crippen molar-refractivity contribution in [3.63, 3.8) is 0 Å².